The summed E-state index contributed by atoms with van der Waals surface area (Å²) in [5.41, 5.74) is -1.25. The standard InChI is InChI=1S/C10H13N3O3S/c1-2-6-12-13-9(17-6)11-7(14)10(8(15)16)4-3-5-10/h2-5H2,1H3,(H,15,16)(H,11,13,14). The van der Waals surface area contributed by atoms with Crippen LogP contribution in [0.2, 0.25) is 0 Å². The van der Waals surface area contributed by atoms with Crippen LogP contribution in [0.15, 0.2) is 0 Å². The van der Waals surface area contributed by atoms with Crippen LogP contribution in [-0.4, -0.2) is 27.2 Å². The van der Waals surface area contributed by atoms with Crippen LogP contribution in [-0.2, 0) is 16.0 Å². The summed E-state index contributed by atoms with van der Waals surface area (Å²) in [5, 5.41) is 20.5. The van der Waals surface area contributed by atoms with Crippen molar-refractivity contribution >= 4 is 28.3 Å². The smallest absolute Gasteiger partial charge is 0.319 e. The highest BCUT2D eigenvalue weighted by molar-refractivity contribution is 7.15. The number of anilines is 1. The van der Waals surface area contributed by atoms with Crippen molar-refractivity contribution in [2.75, 3.05) is 5.32 Å². The zero-order valence-electron chi connectivity index (χ0n) is 9.39. The summed E-state index contributed by atoms with van der Waals surface area (Å²) in [6.07, 6.45) is 2.31. The predicted molar refractivity (Wildman–Crippen MR) is 61.8 cm³/mol. The Morgan fingerprint density at radius 1 is 1.47 bits per heavy atom. The molecule has 0 bridgehead atoms. The van der Waals surface area contributed by atoms with Crippen LogP contribution in [0.5, 0.6) is 0 Å². The number of nitrogens with zero attached hydrogens (tertiary/aromatic N) is 2. The molecule has 1 fully saturated rings. The summed E-state index contributed by atoms with van der Waals surface area (Å²) < 4.78 is 0. The highest BCUT2D eigenvalue weighted by Gasteiger charge is 2.51. The molecule has 1 aromatic heterocycles. The van der Waals surface area contributed by atoms with Crippen molar-refractivity contribution < 1.29 is 14.7 Å². The fraction of sp³-hybridized carbons (Fsp3) is 0.600. The Morgan fingerprint density at radius 3 is 2.59 bits per heavy atom. The van der Waals surface area contributed by atoms with Crippen molar-refractivity contribution in [1.82, 2.24) is 10.2 Å². The second-order valence-corrected chi connectivity index (χ2v) is 5.11. The molecular formula is C10H13N3O3S. The molecule has 2 rings (SSSR count). The van der Waals surface area contributed by atoms with Crippen molar-refractivity contribution in [3.05, 3.63) is 5.01 Å². The Balaban J connectivity index is 2.08. The zero-order valence-corrected chi connectivity index (χ0v) is 10.2. The number of carbonyl (C=O) groups excluding carboxylic acids is 1. The Labute approximate surface area is 102 Å². The Kier molecular flexibility index (Phi) is 3.10. The minimum absolute atomic E-state index is 0.374. The third-order valence-corrected chi connectivity index (χ3v) is 4.02. The lowest BCUT2D eigenvalue weighted by Gasteiger charge is -2.35. The molecule has 0 saturated heterocycles. The van der Waals surface area contributed by atoms with E-state index in [4.69, 9.17) is 5.11 Å². The molecule has 2 N–H and O–H groups in total. The average molecular weight is 255 g/mol. The van der Waals surface area contributed by atoms with Gasteiger partial charge < -0.3 is 5.11 Å². The molecule has 0 unspecified atom stereocenters. The van der Waals surface area contributed by atoms with Gasteiger partial charge in [-0.3, -0.25) is 14.9 Å². The van der Waals surface area contributed by atoms with Crippen molar-refractivity contribution in [3.63, 3.8) is 0 Å². The molecule has 0 radical (unpaired) electrons. The van der Waals surface area contributed by atoms with Crippen molar-refractivity contribution in [1.29, 1.82) is 0 Å². The maximum atomic E-state index is 11.9. The molecule has 7 heteroatoms. The maximum absolute atomic E-state index is 11.9. The number of hydrogen-bond acceptors (Lipinski definition) is 5. The van der Waals surface area contributed by atoms with Crippen molar-refractivity contribution in [2.45, 2.75) is 32.6 Å². The summed E-state index contributed by atoms with van der Waals surface area (Å²) >= 11 is 1.28. The van der Waals surface area contributed by atoms with Gasteiger partial charge in [0.2, 0.25) is 11.0 Å². The Morgan fingerprint density at radius 2 is 2.18 bits per heavy atom. The molecule has 92 valence electrons. The van der Waals surface area contributed by atoms with Crippen LogP contribution in [0.4, 0.5) is 5.13 Å². The average Bonchev–Trinajstić information content (AvgIpc) is 2.62. The van der Waals surface area contributed by atoms with E-state index >= 15 is 0 Å². The first-order chi connectivity index (χ1) is 8.08. The van der Waals surface area contributed by atoms with E-state index in [1.807, 2.05) is 6.92 Å². The van der Waals surface area contributed by atoms with Crippen molar-refractivity contribution in [2.24, 2.45) is 5.41 Å². The summed E-state index contributed by atoms with van der Waals surface area (Å²) in [6, 6.07) is 0. The van der Waals surface area contributed by atoms with E-state index < -0.39 is 17.3 Å². The van der Waals surface area contributed by atoms with E-state index in [9.17, 15) is 9.59 Å². The molecule has 0 aromatic carbocycles. The summed E-state index contributed by atoms with van der Waals surface area (Å²) in [4.78, 5) is 23.0. The fourth-order valence-corrected chi connectivity index (χ4v) is 2.41. The van der Waals surface area contributed by atoms with Gasteiger partial charge in [0.25, 0.3) is 0 Å². The number of amides is 1. The minimum atomic E-state index is -1.25. The molecule has 0 spiro atoms. The molecule has 17 heavy (non-hydrogen) atoms. The number of hydrogen-bond donors (Lipinski definition) is 2. The molecular weight excluding hydrogens is 242 g/mol. The number of nitrogens with one attached hydrogen (secondary N) is 1. The number of aryl methyl sites for hydroxylation is 1. The molecule has 6 nitrogen and oxygen atoms in total. The summed E-state index contributed by atoms with van der Waals surface area (Å²) in [7, 11) is 0. The lowest BCUT2D eigenvalue weighted by molar-refractivity contribution is -0.159. The number of aromatic nitrogens is 2. The third kappa shape index (κ3) is 2.02. The highest BCUT2D eigenvalue weighted by atomic mass is 32.1. The number of aliphatic carboxylic acids is 1. The van der Waals surface area contributed by atoms with Crippen LogP contribution < -0.4 is 5.32 Å². The normalized spacial score (nSPS) is 17.2. The van der Waals surface area contributed by atoms with Gasteiger partial charge in [-0.2, -0.15) is 0 Å². The van der Waals surface area contributed by atoms with E-state index in [0.29, 0.717) is 18.0 Å². The van der Waals surface area contributed by atoms with Crippen LogP contribution in [0.1, 0.15) is 31.2 Å². The van der Waals surface area contributed by atoms with Crippen molar-refractivity contribution in [3.8, 4) is 0 Å². The quantitative estimate of drug-likeness (QED) is 0.791. The number of carboxylic acids is 1. The topological polar surface area (TPSA) is 92.2 Å². The first-order valence-electron chi connectivity index (χ1n) is 5.46. The van der Waals surface area contributed by atoms with Gasteiger partial charge in [0, 0.05) is 0 Å². The van der Waals surface area contributed by atoms with Gasteiger partial charge in [-0.15, -0.1) is 10.2 Å². The van der Waals surface area contributed by atoms with E-state index in [1.165, 1.54) is 11.3 Å². The van der Waals surface area contributed by atoms with Gasteiger partial charge in [0.05, 0.1) is 0 Å². The van der Waals surface area contributed by atoms with Gasteiger partial charge in [0.15, 0.2) is 0 Å². The van der Waals surface area contributed by atoms with Gasteiger partial charge in [0.1, 0.15) is 10.4 Å². The first kappa shape index (κ1) is 12.0. The summed E-state index contributed by atoms with van der Waals surface area (Å²) in [6.45, 7) is 1.94. The molecule has 1 aliphatic carbocycles. The monoisotopic (exact) mass is 255 g/mol. The molecule has 1 heterocycles. The third-order valence-electron chi connectivity index (χ3n) is 3.04. The van der Waals surface area contributed by atoms with Gasteiger partial charge in [-0.05, 0) is 19.3 Å². The Bertz CT molecular complexity index is 453. The molecule has 0 atom stereocenters. The van der Waals surface area contributed by atoms with Gasteiger partial charge in [-0.25, -0.2) is 0 Å². The Hall–Kier alpha value is -1.50. The van der Waals surface area contributed by atoms with Crippen LogP contribution in [0.25, 0.3) is 0 Å². The van der Waals surface area contributed by atoms with E-state index in [-0.39, 0.29) is 0 Å². The SMILES string of the molecule is CCc1nnc(NC(=O)C2(C(=O)O)CCC2)s1. The highest BCUT2D eigenvalue weighted by Crippen LogP contribution is 2.42. The molecule has 0 aliphatic heterocycles. The molecule has 1 amide bonds. The van der Waals surface area contributed by atoms with E-state index in [1.54, 1.807) is 0 Å². The lowest BCUT2D eigenvalue weighted by atomic mass is 9.68. The molecule has 1 aromatic rings. The second kappa shape index (κ2) is 4.40. The fourth-order valence-electron chi connectivity index (χ4n) is 1.73. The van der Waals surface area contributed by atoms with Gasteiger partial charge >= 0.3 is 5.97 Å². The molecule has 1 aliphatic rings. The zero-order chi connectivity index (χ0) is 12.5. The first-order valence-corrected chi connectivity index (χ1v) is 6.27. The number of rotatable bonds is 4. The van der Waals surface area contributed by atoms with E-state index in [2.05, 4.69) is 15.5 Å². The largest absolute Gasteiger partial charge is 0.480 e. The van der Waals surface area contributed by atoms with Crippen LogP contribution in [0, 0.1) is 5.41 Å². The predicted octanol–water partition coefficient (Wildman–Crippen LogP) is 1.29. The number of carbonyl (C=O) groups is 2. The number of carboxylic acid groups (broad SMARTS) is 1. The second-order valence-electron chi connectivity index (χ2n) is 4.05. The van der Waals surface area contributed by atoms with Crippen LogP contribution >= 0.6 is 11.3 Å². The lowest BCUT2D eigenvalue weighted by Crippen LogP contribution is -2.48. The molecule has 1 saturated carbocycles. The summed E-state index contributed by atoms with van der Waals surface area (Å²) in [5.74, 6) is -1.53. The van der Waals surface area contributed by atoms with E-state index in [0.717, 1.165) is 17.8 Å². The maximum Gasteiger partial charge on any atom is 0.319 e. The van der Waals surface area contributed by atoms with Gasteiger partial charge in [-0.1, -0.05) is 24.7 Å². The van der Waals surface area contributed by atoms with Crippen LogP contribution in [0.3, 0.4) is 0 Å². The minimum Gasteiger partial charge on any atom is -0.480 e.